The zero-order valence-electron chi connectivity index (χ0n) is 13.6. The number of benzene rings is 1. The number of hydrogen-bond donors (Lipinski definition) is 0. The van der Waals surface area contributed by atoms with E-state index >= 15 is 0 Å². The van der Waals surface area contributed by atoms with Crippen LogP contribution in [-0.4, -0.2) is 33.9 Å². The second kappa shape index (κ2) is 6.32. The number of likely N-dealkylation sites (tertiary alicyclic amines) is 1. The smallest absolute Gasteiger partial charge is 0.263 e. The third kappa shape index (κ3) is 2.91. The number of fused-ring (bicyclic) bond motifs is 1. The average Bonchev–Trinajstić information content (AvgIpc) is 3.05. The molecule has 1 amide bonds. The first-order valence-corrected chi connectivity index (χ1v) is 9.10. The summed E-state index contributed by atoms with van der Waals surface area (Å²) in [5, 5.41) is 1.14. The average molecular weight is 337 g/mol. The highest BCUT2D eigenvalue weighted by atomic mass is 32.1. The Balaban J connectivity index is 1.56. The molecule has 1 saturated heterocycles. The van der Waals surface area contributed by atoms with Crippen LogP contribution in [0.1, 0.15) is 39.9 Å². The molecule has 1 aromatic carbocycles. The number of aromatic nitrogens is 2. The summed E-state index contributed by atoms with van der Waals surface area (Å²) in [5.74, 6) is 1.24. The van der Waals surface area contributed by atoms with Gasteiger partial charge in [-0.3, -0.25) is 4.79 Å². The van der Waals surface area contributed by atoms with Gasteiger partial charge in [-0.15, -0.1) is 11.3 Å². The summed E-state index contributed by atoms with van der Waals surface area (Å²) in [4.78, 5) is 24.5. The van der Waals surface area contributed by atoms with Crippen LogP contribution in [-0.2, 0) is 0 Å². The van der Waals surface area contributed by atoms with Gasteiger partial charge in [0.1, 0.15) is 5.82 Å². The molecule has 0 saturated carbocycles. The molecule has 0 aliphatic carbocycles. The van der Waals surface area contributed by atoms with Crippen molar-refractivity contribution in [3.8, 4) is 0 Å². The van der Waals surface area contributed by atoms with Crippen molar-refractivity contribution in [3.63, 3.8) is 0 Å². The van der Waals surface area contributed by atoms with Crippen molar-refractivity contribution in [1.82, 2.24) is 14.9 Å². The molecule has 24 heavy (non-hydrogen) atoms. The zero-order valence-corrected chi connectivity index (χ0v) is 14.4. The van der Waals surface area contributed by atoms with E-state index in [1.54, 1.807) is 11.3 Å². The van der Waals surface area contributed by atoms with E-state index in [1.165, 1.54) is 4.70 Å². The van der Waals surface area contributed by atoms with Gasteiger partial charge in [0.2, 0.25) is 0 Å². The summed E-state index contributed by atoms with van der Waals surface area (Å²) in [7, 11) is 0. The Morgan fingerprint density at radius 1 is 1.29 bits per heavy atom. The molecule has 2 aromatic heterocycles. The molecule has 0 N–H and O–H groups in total. The Bertz CT molecular complexity index is 856. The minimum absolute atomic E-state index is 0.145. The summed E-state index contributed by atoms with van der Waals surface area (Å²) in [6.45, 7) is 3.48. The normalized spacial score (nSPS) is 18.0. The van der Waals surface area contributed by atoms with Crippen molar-refractivity contribution in [2.75, 3.05) is 13.1 Å². The number of amides is 1. The van der Waals surface area contributed by atoms with Crippen molar-refractivity contribution in [3.05, 3.63) is 59.0 Å². The molecule has 3 heterocycles. The maximum Gasteiger partial charge on any atom is 0.263 e. The van der Waals surface area contributed by atoms with E-state index in [0.29, 0.717) is 5.92 Å². The SMILES string of the molecule is Cc1nccc([C@H]2CCCN(C(=O)c3cc4ccccc4s3)C2)n1. The van der Waals surface area contributed by atoms with Crippen LogP contribution in [0.3, 0.4) is 0 Å². The fraction of sp³-hybridized carbons (Fsp3) is 0.316. The predicted octanol–water partition coefficient (Wildman–Crippen LogP) is 4.02. The minimum atomic E-state index is 0.145. The summed E-state index contributed by atoms with van der Waals surface area (Å²) in [5.41, 5.74) is 1.05. The minimum Gasteiger partial charge on any atom is -0.337 e. The fourth-order valence-electron chi connectivity index (χ4n) is 3.35. The van der Waals surface area contributed by atoms with Crippen molar-refractivity contribution >= 4 is 27.3 Å². The lowest BCUT2D eigenvalue weighted by Crippen LogP contribution is -2.39. The third-order valence-electron chi connectivity index (χ3n) is 4.56. The van der Waals surface area contributed by atoms with Gasteiger partial charge in [0, 0.05) is 35.6 Å². The van der Waals surface area contributed by atoms with Gasteiger partial charge in [-0.05, 0) is 43.4 Å². The molecule has 0 radical (unpaired) electrons. The molecule has 0 spiro atoms. The van der Waals surface area contributed by atoms with Crippen LogP contribution < -0.4 is 0 Å². The monoisotopic (exact) mass is 337 g/mol. The quantitative estimate of drug-likeness (QED) is 0.709. The number of carbonyl (C=O) groups is 1. The first-order valence-electron chi connectivity index (χ1n) is 8.28. The zero-order chi connectivity index (χ0) is 16.5. The van der Waals surface area contributed by atoms with E-state index in [1.807, 2.05) is 42.3 Å². The Morgan fingerprint density at radius 2 is 2.17 bits per heavy atom. The van der Waals surface area contributed by atoms with Gasteiger partial charge >= 0.3 is 0 Å². The Labute approximate surface area is 145 Å². The molecule has 3 aromatic rings. The highest BCUT2D eigenvalue weighted by molar-refractivity contribution is 7.20. The molecule has 5 heteroatoms. The largest absolute Gasteiger partial charge is 0.337 e. The van der Waals surface area contributed by atoms with Gasteiger partial charge in [0.25, 0.3) is 5.91 Å². The molecule has 1 fully saturated rings. The van der Waals surface area contributed by atoms with E-state index in [-0.39, 0.29) is 5.91 Å². The topological polar surface area (TPSA) is 46.1 Å². The van der Waals surface area contributed by atoms with Gasteiger partial charge in [0.05, 0.1) is 4.88 Å². The fourth-order valence-corrected chi connectivity index (χ4v) is 4.38. The highest BCUT2D eigenvalue weighted by Gasteiger charge is 2.27. The Hall–Kier alpha value is -2.27. The summed E-state index contributed by atoms with van der Waals surface area (Å²) in [6, 6.07) is 12.1. The molecule has 0 bridgehead atoms. The van der Waals surface area contributed by atoms with Crippen LogP contribution in [0, 0.1) is 6.92 Å². The van der Waals surface area contributed by atoms with Crippen LogP contribution in [0.5, 0.6) is 0 Å². The number of hydrogen-bond acceptors (Lipinski definition) is 4. The molecule has 1 aliphatic heterocycles. The lowest BCUT2D eigenvalue weighted by Gasteiger charge is -2.32. The van der Waals surface area contributed by atoms with E-state index < -0.39 is 0 Å². The van der Waals surface area contributed by atoms with Gasteiger partial charge in [0.15, 0.2) is 0 Å². The number of carbonyl (C=O) groups excluding carboxylic acids is 1. The lowest BCUT2D eigenvalue weighted by atomic mass is 9.94. The number of aryl methyl sites for hydroxylation is 1. The highest BCUT2D eigenvalue weighted by Crippen LogP contribution is 2.30. The van der Waals surface area contributed by atoms with Crippen LogP contribution in [0.15, 0.2) is 42.6 Å². The van der Waals surface area contributed by atoms with Crippen LogP contribution in [0.4, 0.5) is 0 Å². The van der Waals surface area contributed by atoms with E-state index in [9.17, 15) is 4.79 Å². The molecule has 4 nitrogen and oxygen atoms in total. The van der Waals surface area contributed by atoms with Gasteiger partial charge < -0.3 is 4.90 Å². The number of piperidine rings is 1. The van der Waals surface area contributed by atoms with Gasteiger partial charge in [-0.25, -0.2) is 9.97 Å². The molecule has 4 rings (SSSR count). The third-order valence-corrected chi connectivity index (χ3v) is 5.66. The maximum absolute atomic E-state index is 12.9. The molecular formula is C19H19N3OS. The van der Waals surface area contributed by atoms with Crippen molar-refractivity contribution in [2.45, 2.75) is 25.7 Å². The Kier molecular flexibility index (Phi) is 4.02. The first kappa shape index (κ1) is 15.3. The number of nitrogens with zero attached hydrogens (tertiary/aromatic N) is 3. The van der Waals surface area contributed by atoms with Crippen molar-refractivity contribution < 1.29 is 4.79 Å². The van der Waals surface area contributed by atoms with Crippen LogP contribution in [0.2, 0.25) is 0 Å². The van der Waals surface area contributed by atoms with Crippen LogP contribution >= 0.6 is 11.3 Å². The summed E-state index contributed by atoms with van der Waals surface area (Å²) in [6.07, 6.45) is 3.90. The lowest BCUT2D eigenvalue weighted by molar-refractivity contribution is 0.0711. The van der Waals surface area contributed by atoms with E-state index in [0.717, 1.165) is 47.7 Å². The second-order valence-corrected chi connectivity index (χ2v) is 7.35. The van der Waals surface area contributed by atoms with Gasteiger partial charge in [-0.2, -0.15) is 0 Å². The van der Waals surface area contributed by atoms with Crippen LogP contribution in [0.25, 0.3) is 10.1 Å². The molecular weight excluding hydrogens is 318 g/mol. The van der Waals surface area contributed by atoms with Crippen molar-refractivity contribution in [2.24, 2.45) is 0 Å². The molecule has 0 unspecified atom stereocenters. The summed E-state index contributed by atoms with van der Waals surface area (Å²) >= 11 is 1.58. The van der Waals surface area contributed by atoms with E-state index in [2.05, 4.69) is 22.1 Å². The second-order valence-electron chi connectivity index (χ2n) is 6.27. The molecule has 1 atom stereocenters. The maximum atomic E-state index is 12.9. The molecule has 122 valence electrons. The van der Waals surface area contributed by atoms with Crippen molar-refractivity contribution in [1.29, 1.82) is 0 Å². The predicted molar refractivity (Wildman–Crippen MR) is 96.5 cm³/mol. The molecule has 1 aliphatic rings. The Morgan fingerprint density at radius 3 is 3.00 bits per heavy atom. The van der Waals surface area contributed by atoms with E-state index in [4.69, 9.17) is 0 Å². The number of rotatable bonds is 2. The van der Waals surface area contributed by atoms with Gasteiger partial charge in [-0.1, -0.05) is 18.2 Å². The standard InChI is InChI=1S/C19H19N3OS/c1-13-20-9-8-16(21-13)15-6-4-10-22(12-15)19(23)18-11-14-5-2-3-7-17(14)24-18/h2-3,5,7-9,11,15H,4,6,10,12H2,1H3/t15-/m0/s1. The first-order chi connectivity index (χ1) is 11.7. The summed E-state index contributed by atoms with van der Waals surface area (Å²) < 4.78 is 1.17. The number of thiophene rings is 1.